The van der Waals surface area contributed by atoms with Crippen LogP contribution in [0.5, 0.6) is 0 Å². The zero-order valence-electron chi connectivity index (χ0n) is 20.1. The number of fused-ring (bicyclic) bond motifs is 2. The van der Waals surface area contributed by atoms with E-state index in [1.54, 1.807) is 11.0 Å². The van der Waals surface area contributed by atoms with Gasteiger partial charge in [-0.25, -0.2) is 0 Å². The molecule has 2 atom stereocenters. The maximum absolute atomic E-state index is 13.0. The van der Waals surface area contributed by atoms with Gasteiger partial charge in [0, 0.05) is 37.3 Å². The fourth-order valence-electron chi connectivity index (χ4n) is 6.50. The second-order valence-electron chi connectivity index (χ2n) is 10.5. The molecule has 0 spiro atoms. The maximum atomic E-state index is 13.0. The summed E-state index contributed by atoms with van der Waals surface area (Å²) >= 11 is 0. The summed E-state index contributed by atoms with van der Waals surface area (Å²) in [4.78, 5) is 28.1. The third-order valence-electron chi connectivity index (χ3n) is 8.43. The van der Waals surface area contributed by atoms with E-state index in [0.29, 0.717) is 56.0 Å². The van der Waals surface area contributed by atoms with E-state index in [1.807, 2.05) is 12.1 Å². The number of rotatable bonds is 8. The van der Waals surface area contributed by atoms with Gasteiger partial charge in [-0.1, -0.05) is 12.1 Å². The Kier molecular flexibility index (Phi) is 8.06. The minimum Gasteiger partial charge on any atom is -0.387 e. The normalized spacial score (nSPS) is 29.2. The number of aliphatic hydroxyl groups is 1. The molecule has 3 aliphatic rings. The minimum atomic E-state index is -4.14. The van der Waals surface area contributed by atoms with Crippen LogP contribution in [0, 0.1) is 11.8 Å². The van der Waals surface area contributed by atoms with Crippen LogP contribution in [0.1, 0.15) is 73.2 Å². The van der Waals surface area contributed by atoms with Crippen molar-refractivity contribution in [3.8, 4) is 0 Å². The highest BCUT2D eigenvalue weighted by Crippen LogP contribution is 2.43. The van der Waals surface area contributed by atoms with Gasteiger partial charge in [0.25, 0.3) is 0 Å². The number of primary amides is 1. The van der Waals surface area contributed by atoms with E-state index < -0.39 is 24.6 Å². The molecule has 194 valence electrons. The van der Waals surface area contributed by atoms with Gasteiger partial charge in [-0.15, -0.1) is 0 Å². The number of nitrogens with two attached hydrogens (primary N) is 1. The quantitative estimate of drug-likeness (QED) is 0.576. The topological polar surface area (TPSA) is 86.9 Å². The van der Waals surface area contributed by atoms with Crippen LogP contribution in [0.15, 0.2) is 24.3 Å². The lowest BCUT2D eigenvalue weighted by Gasteiger charge is -2.40. The molecule has 2 amide bonds. The van der Waals surface area contributed by atoms with Crippen molar-refractivity contribution in [1.82, 2.24) is 9.80 Å². The predicted molar refractivity (Wildman–Crippen MR) is 126 cm³/mol. The molecule has 4 rings (SSSR count). The van der Waals surface area contributed by atoms with Gasteiger partial charge in [0.15, 0.2) is 0 Å². The summed E-state index contributed by atoms with van der Waals surface area (Å²) in [5.74, 6) is -1.60. The molecule has 6 nitrogen and oxygen atoms in total. The highest BCUT2D eigenvalue weighted by Gasteiger charge is 2.43. The molecule has 3 N–H and O–H groups in total. The first-order valence-corrected chi connectivity index (χ1v) is 12.8. The van der Waals surface area contributed by atoms with Gasteiger partial charge in [0.1, 0.15) is 6.61 Å². The van der Waals surface area contributed by atoms with Crippen LogP contribution in [-0.2, 0) is 4.79 Å². The van der Waals surface area contributed by atoms with E-state index in [2.05, 4.69) is 11.0 Å². The molecule has 0 radical (unpaired) electrons. The Hall–Kier alpha value is -2.13. The summed E-state index contributed by atoms with van der Waals surface area (Å²) in [5, 5.41) is 9.47. The first-order valence-electron chi connectivity index (χ1n) is 12.8. The Morgan fingerprint density at radius 1 is 1.06 bits per heavy atom. The molecule has 2 saturated heterocycles. The number of halogens is 3. The molecule has 2 aliphatic heterocycles. The summed E-state index contributed by atoms with van der Waals surface area (Å²) in [6.45, 7) is 1.01. The Balaban J connectivity index is 1.33. The number of nitrogens with zero attached hydrogens (tertiary/aromatic N) is 2. The Morgan fingerprint density at radius 3 is 2.29 bits per heavy atom. The van der Waals surface area contributed by atoms with Crippen LogP contribution in [-0.4, -0.2) is 71.2 Å². The summed E-state index contributed by atoms with van der Waals surface area (Å²) in [6, 6.07) is 8.36. The van der Waals surface area contributed by atoms with E-state index in [1.165, 1.54) is 0 Å². The van der Waals surface area contributed by atoms with Gasteiger partial charge in [-0.05, 0) is 80.9 Å². The summed E-state index contributed by atoms with van der Waals surface area (Å²) in [6.07, 6.45) is 1.15. The van der Waals surface area contributed by atoms with Crippen molar-refractivity contribution in [2.24, 2.45) is 17.6 Å². The van der Waals surface area contributed by atoms with Crippen LogP contribution in [0.4, 0.5) is 13.2 Å². The predicted octanol–water partition coefficient (Wildman–Crippen LogP) is 3.69. The smallest absolute Gasteiger partial charge is 0.387 e. The third-order valence-corrected chi connectivity index (χ3v) is 8.43. The number of aliphatic hydroxyl groups excluding tert-OH is 1. The first kappa shape index (κ1) is 25.9. The van der Waals surface area contributed by atoms with Crippen LogP contribution >= 0.6 is 0 Å². The standard InChI is InChI=1S/C26H36F3N3O3/c27-26(28,29)21-6-4-17(5-7-21)15-31(24(34)16-33)10-11-32-22-8-9-23(32)14-20(13-22)18-2-1-3-19(12-18)25(30)35/h1-3,12,17,20-23,33H,4-11,13-16H2,(H2,30,35). The molecule has 1 aromatic carbocycles. The third kappa shape index (κ3) is 6.17. The Morgan fingerprint density at radius 2 is 1.71 bits per heavy atom. The largest absolute Gasteiger partial charge is 0.391 e. The number of carbonyl (C=O) groups is 2. The van der Waals surface area contributed by atoms with Crippen molar-refractivity contribution in [2.75, 3.05) is 26.2 Å². The summed E-state index contributed by atoms with van der Waals surface area (Å²) in [7, 11) is 0. The molecule has 1 aromatic rings. The SMILES string of the molecule is NC(=O)c1cccc(C2CC3CCC(C2)N3CCN(CC2CCC(C(F)(F)F)CC2)C(=O)CO)c1. The van der Waals surface area contributed by atoms with Crippen LogP contribution in [0.3, 0.4) is 0 Å². The van der Waals surface area contributed by atoms with Gasteiger partial charge < -0.3 is 15.7 Å². The molecular formula is C26H36F3N3O3. The minimum absolute atomic E-state index is 0.0455. The molecule has 1 saturated carbocycles. The molecular weight excluding hydrogens is 459 g/mol. The second-order valence-corrected chi connectivity index (χ2v) is 10.5. The lowest BCUT2D eigenvalue weighted by molar-refractivity contribution is -0.184. The number of piperidine rings is 1. The van der Waals surface area contributed by atoms with Crippen molar-refractivity contribution in [1.29, 1.82) is 0 Å². The zero-order chi connectivity index (χ0) is 25.2. The molecule has 2 heterocycles. The molecule has 3 fully saturated rings. The van der Waals surface area contributed by atoms with Gasteiger partial charge in [0.05, 0.1) is 5.92 Å². The first-order chi connectivity index (χ1) is 16.7. The molecule has 2 bridgehead atoms. The van der Waals surface area contributed by atoms with Crippen molar-refractivity contribution < 1.29 is 27.9 Å². The van der Waals surface area contributed by atoms with Crippen molar-refractivity contribution in [3.05, 3.63) is 35.4 Å². The van der Waals surface area contributed by atoms with Crippen LogP contribution in [0.25, 0.3) is 0 Å². The van der Waals surface area contributed by atoms with Gasteiger partial charge in [-0.2, -0.15) is 13.2 Å². The zero-order valence-corrected chi connectivity index (χ0v) is 20.1. The van der Waals surface area contributed by atoms with Crippen molar-refractivity contribution in [3.63, 3.8) is 0 Å². The highest BCUT2D eigenvalue weighted by atomic mass is 19.4. The number of hydrogen-bond acceptors (Lipinski definition) is 4. The van der Waals surface area contributed by atoms with Crippen LogP contribution in [0.2, 0.25) is 0 Å². The van der Waals surface area contributed by atoms with E-state index in [9.17, 15) is 27.9 Å². The summed E-state index contributed by atoms with van der Waals surface area (Å²) < 4.78 is 39.0. The fourth-order valence-corrected chi connectivity index (χ4v) is 6.50. The second kappa shape index (κ2) is 10.9. The molecule has 9 heteroatoms. The maximum Gasteiger partial charge on any atom is 0.391 e. The van der Waals surface area contributed by atoms with E-state index in [0.717, 1.165) is 31.2 Å². The van der Waals surface area contributed by atoms with E-state index in [4.69, 9.17) is 5.73 Å². The highest BCUT2D eigenvalue weighted by molar-refractivity contribution is 5.92. The number of hydrogen-bond donors (Lipinski definition) is 2. The number of carbonyl (C=O) groups excluding carboxylic acids is 2. The Bertz CT molecular complexity index is 887. The molecule has 1 aliphatic carbocycles. The van der Waals surface area contributed by atoms with Crippen molar-refractivity contribution >= 4 is 11.8 Å². The molecule has 2 unspecified atom stereocenters. The van der Waals surface area contributed by atoms with E-state index >= 15 is 0 Å². The van der Waals surface area contributed by atoms with Gasteiger partial charge >= 0.3 is 6.18 Å². The Labute approximate surface area is 204 Å². The number of amides is 2. The molecule has 35 heavy (non-hydrogen) atoms. The number of alkyl halides is 3. The average Bonchev–Trinajstić information content (AvgIpc) is 3.07. The monoisotopic (exact) mass is 495 g/mol. The average molecular weight is 496 g/mol. The number of benzene rings is 1. The fraction of sp³-hybridized carbons (Fsp3) is 0.692. The van der Waals surface area contributed by atoms with E-state index in [-0.39, 0.29) is 24.7 Å². The van der Waals surface area contributed by atoms with Gasteiger partial charge in [-0.3, -0.25) is 14.5 Å². The lowest BCUT2D eigenvalue weighted by atomic mass is 9.81. The van der Waals surface area contributed by atoms with Crippen LogP contribution < -0.4 is 5.73 Å². The summed E-state index contributed by atoms with van der Waals surface area (Å²) in [5.41, 5.74) is 7.12. The van der Waals surface area contributed by atoms with Gasteiger partial charge in [0.2, 0.25) is 11.8 Å². The molecule has 0 aromatic heterocycles. The lowest BCUT2D eigenvalue weighted by Crippen LogP contribution is -2.48. The van der Waals surface area contributed by atoms with Crippen molar-refractivity contribution in [2.45, 2.75) is 75.5 Å².